The predicted octanol–water partition coefficient (Wildman–Crippen LogP) is 12.8. The fourth-order valence-electron chi connectivity index (χ4n) is 6.93. The molecule has 0 aromatic heterocycles. The van der Waals surface area contributed by atoms with E-state index in [9.17, 15) is 35.1 Å². The number of hydrogen-bond acceptors (Lipinski definition) is 7. The maximum Gasteiger partial charge on any atom is 0.189 e. The molecule has 0 saturated heterocycles. The molecule has 0 fully saturated rings. The molecule has 4 aromatic rings. The normalized spacial score (nSPS) is 11.6. The lowest BCUT2D eigenvalue weighted by Crippen LogP contribution is -2.03. The number of rotatable bonds is 20. The number of carbonyl (C=O) groups excluding carboxylic acids is 2. The zero-order valence-corrected chi connectivity index (χ0v) is 37.4. The number of phenols is 5. The number of carbonyl (C=O) groups is 2. The van der Waals surface area contributed by atoms with Crippen LogP contribution < -0.4 is 0 Å². The molecule has 0 atom stereocenters. The van der Waals surface area contributed by atoms with E-state index in [2.05, 4.69) is 13.2 Å². The number of hydrogen-bond donors (Lipinski definition) is 5. The minimum absolute atomic E-state index is 0.00117. The number of benzene rings is 4. The summed E-state index contributed by atoms with van der Waals surface area (Å²) in [5, 5.41) is 55.1. The molecule has 0 heterocycles. The van der Waals surface area contributed by atoms with Crippen LogP contribution in [0.1, 0.15) is 127 Å². The second kappa shape index (κ2) is 22.3. The Labute approximate surface area is 367 Å². The lowest BCUT2D eigenvalue weighted by molar-refractivity contribution is 0.103. The van der Waals surface area contributed by atoms with Crippen LogP contribution in [0.15, 0.2) is 126 Å². The lowest BCUT2D eigenvalue weighted by atomic mass is 9.93. The SMILES string of the molecule is C=C(C)CCc1cc(C(=O)/C=C/c2cccc(C/C(C)=C/Cc3c(O)ccc(C(=O)/C=C/c4cc(CC=C(C)C)c(O)c(CC=C(C)C)c4)c3O)c2)c(O)c(CCC(=C)C)c1O. The molecule has 0 aliphatic heterocycles. The van der Waals surface area contributed by atoms with Crippen LogP contribution in [-0.4, -0.2) is 37.1 Å². The smallest absolute Gasteiger partial charge is 0.189 e. The van der Waals surface area contributed by atoms with Crippen LogP contribution >= 0.6 is 0 Å². The fourth-order valence-corrected chi connectivity index (χ4v) is 6.93. The number of allylic oxidation sites excluding steroid dienone is 10. The minimum Gasteiger partial charge on any atom is -0.508 e. The molecule has 4 aromatic carbocycles. The van der Waals surface area contributed by atoms with E-state index in [1.165, 1.54) is 24.3 Å². The Bertz CT molecular complexity index is 2450. The Morgan fingerprint density at radius 1 is 0.548 bits per heavy atom. The van der Waals surface area contributed by atoms with E-state index in [-0.39, 0.29) is 57.6 Å². The maximum absolute atomic E-state index is 13.5. The van der Waals surface area contributed by atoms with Gasteiger partial charge in [0.15, 0.2) is 11.6 Å². The second-order valence-electron chi connectivity index (χ2n) is 16.9. The molecule has 7 heteroatoms. The highest BCUT2D eigenvalue weighted by Gasteiger charge is 2.21. The molecule has 0 radical (unpaired) electrons. The summed E-state index contributed by atoms with van der Waals surface area (Å²) in [6.45, 7) is 21.6. The summed E-state index contributed by atoms with van der Waals surface area (Å²) in [4.78, 5) is 26.9. The molecule has 0 unspecified atom stereocenters. The van der Waals surface area contributed by atoms with Crippen LogP contribution in [0.2, 0.25) is 0 Å². The maximum atomic E-state index is 13.5. The van der Waals surface area contributed by atoms with Gasteiger partial charge in [0.25, 0.3) is 0 Å². The zero-order chi connectivity index (χ0) is 45.7. The van der Waals surface area contributed by atoms with Crippen molar-refractivity contribution in [3.05, 3.63) is 182 Å². The van der Waals surface area contributed by atoms with Gasteiger partial charge in [0.05, 0.1) is 11.1 Å². The first-order chi connectivity index (χ1) is 29.3. The van der Waals surface area contributed by atoms with Gasteiger partial charge < -0.3 is 25.5 Å². The first kappa shape index (κ1) is 48.1. The van der Waals surface area contributed by atoms with Gasteiger partial charge in [-0.25, -0.2) is 0 Å². The van der Waals surface area contributed by atoms with E-state index in [0.29, 0.717) is 56.1 Å². The van der Waals surface area contributed by atoms with E-state index < -0.39 is 5.78 Å². The third-order valence-electron chi connectivity index (χ3n) is 10.6. The number of aryl methyl sites for hydroxylation is 1. The van der Waals surface area contributed by atoms with Crippen molar-refractivity contribution in [2.75, 3.05) is 0 Å². The second-order valence-corrected chi connectivity index (χ2v) is 16.9. The molecule has 62 heavy (non-hydrogen) atoms. The molecule has 0 amide bonds. The fraction of sp³-hybridized carbons (Fsp3) is 0.273. The highest BCUT2D eigenvalue weighted by Crippen LogP contribution is 2.38. The van der Waals surface area contributed by atoms with Gasteiger partial charge >= 0.3 is 0 Å². The van der Waals surface area contributed by atoms with E-state index in [4.69, 9.17) is 0 Å². The van der Waals surface area contributed by atoms with E-state index in [1.807, 2.05) is 103 Å². The highest BCUT2D eigenvalue weighted by atomic mass is 16.3. The van der Waals surface area contributed by atoms with Crippen molar-refractivity contribution in [2.45, 2.75) is 99.8 Å². The van der Waals surface area contributed by atoms with Crippen molar-refractivity contribution in [2.24, 2.45) is 0 Å². The molecule has 0 saturated carbocycles. The molecule has 5 N–H and O–H groups in total. The van der Waals surface area contributed by atoms with Crippen molar-refractivity contribution < 1.29 is 35.1 Å². The van der Waals surface area contributed by atoms with Crippen LogP contribution in [-0.2, 0) is 38.5 Å². The molecule has 0 aliphatic carbocycles. The van der Waals surface area contributed by atoms with Gasteiger partial charge in [0.2, 0.25) is 0 Å². The summed E-state index contributed by atoms with van der Waals surface area (Å²) >= 11 is 0. The minimum atomic E-state index is -0.426. The van der Waals surface area contributed by atoms with Gasteiger partial charge in [-0.05, 0) is 176 Å². The van der Waals surface area contributed by atoms with Gasteiger partial charge in [-0.3, -0.25) is 9.59 Å². The average molecular weight is 835 g/mol. The van der Waals surface area contributed by atoms with Crippen molar-refractivity contribution >= 4 is 23.7 Å². The quantitative estimate of drug-likeness (QED) is 0.0340. The zero-order valence-electron chi connectivity index (χ0n) is 37.4. The first-order valence-electron chi connectivity index (χ1n) is 21.0. The molecule has 0 spiro atoms. The Morgan fingerprint density at radius 2 is 1.11 bits per heavy atom. The summed E-state index contributed by atoms with van der Waals surface area (Å²) in [6, 6.07) is 15.8. The topological polar surface area (TPSA) is 135 Å². The predicted molar refractivity (Wildman–Crippen MR) is 255 cm³/mol. The van der Waals surface area contributed by atoms with Gasteiger partial charge in [0.1, 0.15) is 28.7 Å². The Morgan fingerprint density at radius 3 is 1.71 bits per heavy atom. The van der Waals surface area contributed by atoms with Gasteiger partial charge in [-0.1, -0.05) is 82.5 Å². The molecule has 324 valence electrons. The molecular formula is C55H62O7. The van der Waals surface area contributed by atoms with Crippen LogP contribution in [0.4, 0.5) is 0 Å². The Hall–Kier alpha value is -6.60. The average Bonchev–Trinajstić information content (AvgIpc) is 3.20. The summed E-state index contributed by atoms with van der Waals surface area (Å²) in [6.07, 6.45) is 16.0. The van der Waals surface area contributed by atoms with Crippen molar-refractivity contribution in [1.29, 1.82) is 0 Å². The monoisotopic (exact) mass is 834 g/mol. The Balaban J connectivity index is 1.51. The summed E-state index contributed by atoms with van der Waals surface area (Å²) in [7, 11) is 0. The van der Waals surface area contributed by atoms with Gasteiger partial charge in [0, 0.05) is 11.1 Å². The number of ketones is 2. The van der Waals surface area contributed by atoms with Crippen molar-refractivity contribution in [3.8, 4) is 28.7 Å². The molecule has 0 bridgehead atoms. The standard InChI is InChI=1S/C55H62O7/c1-34(2)13-20-42-31-41(32-43(52(42)59)21-14-35(3)4)19-27-49(56)46-25-28-50(57)45(54(46)61)24-17-38(9)29-40-12-10-11-39(30-40)18-26-51(58)48-33-44(22-15-36(5)6)53(60)47(55(48)62)23-16-37(7)8/h10-14,17-19,25-28,30-33,57,59-62H,5,7,15-16,20-24,29H2,1-4,6,8-9H3/b26-18+,27-19+,38-17+. The van der Waals surface area contributed by atoms with E-state index in [0.717, 1.165) is 55.7 Å². The van der Waals surface area contributed by atoms with Crippen LogP contribution in [0.5, 0.6) is 28.7 Å². The molecule has 7 nitrogen and oxygen atoms in total. The summed E-state index contributed by atoms with van der Waals surface area (Å²) in [5.41, 5.74) is 10.4. The van der Waals surface area contributed by atoms with Crippen molar-refractivity contribution in [3.63, 3.8) is 0 Å². The third-order valence-corrected chi connectivity index (χ3v) is 10.6. The van der Waals surface area contributed by atoms with E-state index in [1.54, 1.807) is 18.2 Å². The number of aromatic hydroxyl groups is 5. The van der Waals surface area contributed by atoms with Gasteiger partial charge in [-0.2, -0.15) is 0 Å². The van der Waals surface area contributed by atoms with E-state index >= 15 is 0 Å². The van der Waals surface area contributed by atoms with Gasteiger partial charge in [-0.15, -0.1) is 13.2 Å². The third kappa shape index (κ3) is 13.7. The Kier molecular flexibility index (Phi) is 17.3. The highest BCUT2D eigenvalue weighted by molar-refractivity contribution is 6.09. The lowest BCUT2D eigenvalue weighted by Gasteiger charge is -2.15. The number of phenolic OH excluding ortho intramolecular Hbond substituents is 5. The molecular weight excluding hydrogens is 773 g/mol. The molecule has 4 rings (SSSR count). The largest absolute Gasteiger partial charge is 0.508 e. The van der Waals surface area contributed by atoms with Crippen LogP contribution in [0, 0.1) is 0 Å². The molecule has 0 aliphatic rings. The van der Waals surface area contributed by atoms with Crippen LogP contribution in [0.25, 0.3) is 12.2 Å². The summed E-state index contributed by atoms with van der Waals surface area (Å²) < 4.78 is 0. The summed E-state index contributed by atoms with van der Waals surface area (Å²) in [5.74, 6) is -1.21. The van der Waals surface area contributed by atoms with Crippen LogP contribution in [0.3, 0.4) is 0 Å². The first-order valence-corrected chi connectivity index (χ1v) is 21.0. The van der Waals surface area contributed by atoms with Crippen molar-refractivity contribution in [1.82, 2.24) is 0 Å².